The van der Waals surface area contributed by atoms with E-state index in [0.29, 0.717) is 26.0 Å². The molecule has 2 amide bonds. The van der Waals surface area contributed by atoms with Gasteiger partial charge in [-0.3, -0.25) is 29.3 Å². The molecule has 5 rings (SSSR count). The molecule has 290 valence electrons. The van der Waals surface area contributed by atoms with Crippen LogP contribution in [0.5, 0.6) is 5.75 Å². The molecule has 0 aliphatic carbocycles. The van der Waals surface area contributed by atoms with Gasteiger partial charge in [0.15, 0.2) is 0 Å². The molecule has 2 aromatic heterocycles. The van der Waals surface area contributed by atoms with Gasteiger partial charge in [-0.1, -0.05) is 46.8 Å². The van der Waals surface area contributed by atoms with Gasteiger partial charge in [-0.15, -0.1) is 0 Å². The summed E-state index contributed by atoms with van der Waals surface area (Å²) in [6.07, 6.45) is 7.34. The maximum absolute atomic E-state index is 14.0. The Morgan fingerprint density at radius 1 is 1.09 bits per heavy atom. The predicted octanol–water partition coefficient (Wildman–Crippen LogP) is 6.14. The third-order valence-electron chi connectivity index (χ3n) is 10.4. The number of carbonyl (C=O) groups excluding carboxylic acids is 3. The Morgan fingerprint density at radius 3 is 2.52 bits per heavy atom. The van der Waals surface area contributed by atoms with E-state index in [-0.39, 0.29) is 41.9 Å². The number of pyridine rings is 1. The molecule has 2 unspecified atom stereocenters. The monoisotopic (exact) mass is 738 g/mol. The van der Waals surface area contributed by atoms with E-state index in [9.17, 15) is 19.5 Å². The van der Waals surface area contributed by atoms with Crippen LogP contribution in [0, 0.1) is 11.3 Å². The van der Waals surface area contributed by atoms with Crippen LogP contribution in [0.4, 0.5) is 0 Å². The highest BCUT2D eigenvalue weighted by molar-refractivity contribution is 5.95. The number of nitrogens with zero attached hydrogens (tertiary/aromatic N) is 4. The van der Waals surface area contributed by atoms with E-state index < -0.39 is 12.1 Å². The van der Waals surface area contributed by atoms with Gasteiger partial charge in [0.25, 0.3) is 12.4 Å². The number of aromatic nitrogens is 2. The molecule has 54 heavy (non-hydrogen) atoms. The lowest BCUT2D eigenvalue weighted by molar-refractivity contribution is -0.141. The normalized spacial score (nSPS) is 14.7. The number of hydrogen-bond donors (Lipinski definition) is 3. The van der Waals surface area contributed by atoms with Crippen molar-refractivity contribution in [3.8, 4) is 28.1 Å². The van der Waals surface area contributed by atoms with E-state index in [4.69, 9.17) is 4.74 Å². The summed E-state index contributed by atoms with van der Waals surface area (Å²) in [4.78, 5) is 45.2. The van der Waals surface area contributed by atoms with Gasteiger partial charge in [0.05, 0.1) is 18.3 Å². The first-order chi connectivity index (χ1) is 25.8. The van der Waals surface area contributed by atoms with Crippen LogP contribution in [0.1, 0.15) is 71.1 Å². The van der Waals surface area contributed by atoms with Crippen LogP contribution >= 0.6 is 0 Å². The minimum Gasteiger partial charge on any atom is -0.508 e. The quantitative estimate of drug-likeness (QED) is 0.117. The van der Waals surface area contributed by atoms with Gasteiger partial charge in [0.1, 0.15) is 11.8 Å². The highest BCUT2D eigenvalue weighted by Crippen LogP contribution is 2.41. The molecule has 1 fully saturated rings. The van der Waals surface area contributed by atoms with Crippen molar-refractivity contribution in [3.05, 3.63) is 71.5 Å². The molecule has 11 nitrogen and oxygen atoms in total. The zero-order chi connectivity index (χ0) is 39.2. The molecule has 1 saturated heterocycles. The lowest BCUT2D eigenvalue weighted by Gasteiger charge is -2.33. The van der Waals surface area contributed by atoms with E-state index in [0.717, 1.165) is 70.2 Å². The number of benzene rings is 2. The van der Waals surface area contributed by atoms with Crippen LogP contribution in [0.2, 0.25) is 0 Å². The summed E-state index contributed by atoms with van der Waals surface area (Å²) >= 11 is 0. The molecule has 4 aromatic rings. The topological polar surface area (TPSA) is 129 Å². The minimum absolute atomic E-state index is 0.0361. The molecule has 2 atom stereocenters. The number of hydrogen-bond acceptors (Lipinski definition) is 8. The van der Waals surface area contributed by atoms with Crippen molar-refractivity contribution in [2.45, 2.75) is 92.3 Å². The Morgan fingerprint density at radius 2 is 1.87 bits per heavy atom. The van der Waals surface area contributed by atoms with Gasteiger partial charge in [-0.2, -0.15) is 0 Å². The fourth-order valence-electron chi connectivity index (χ4n) is 8.00. The number of phenolic OH excluding ortho intramolecular Hbond substituents is 1. The zero-order valence-electron chi connectivity index (χ0n) is 33.2. The molecular weight excluding hydrogens is 681 g/mol. The smallest absolute Gasteiger partial charge is 0.293 e. The molecule has 3 N–H and O–H groups in total. The second-order valence-corrected chi connectivity index (χ2v) is 15.8. The van der Waals surface area contributed by atoms with Gasteiger partial charge in [-0.25, -0.2) is 5.43 Å². The van der Waals surface area contributed by atoms with Crippen LogP contribution in [0.25, 0.3) is 33.3 Å². The van der Waals surface area contributed by atoms with E-state index >= 15 is 0 Å². The molecule has 0 saturated carbocycles. The van der Waals surface area contributed by atoms with E-state index in [1.54, 1.807) is 17.1 Å². The largest absolute Gasteiger partial charge is 0.508 e. The number of aromatic hydroxyl groups is 1. The van der Waals surface area contributed by atoms with Gasteiger partial charge in [0.2, 0.25) is 5.91 Å². The zero-order valence-corrected chi connectivity index (χ0v) is 33.2. The Hall–Kier alpha value is -4.74. The summed E-state index contributed by atoms with van der Waals surface area (Å²) < 4.78 is 7.62. The first kappa shape index (κ1) is 40.4. The molecule has 1 aliphatic rings. The molecule has 11 heteroatoms. The lowest BCUT2D eigenvalue weighted by Crippen LogP contribution is -2.58. The average molecular weight is 739 g/mol. The maximum Gasteiger partial charge on any atom is 0.293 e. The van der Waals surface area contributed by atoms with Crippen LogP contribution < -0.4 is 10.7 Å². The fourth-order valence-corrected chi connectivity index (χ4v) is 8.00. The first-order valence-electron chi connectivity index (χ1n) is 19.3. The number of ether oxygens (including phenoxy) is 1. The van der Waals surface area contributed by atoms with Crippen molar-refractivity contribution in [2.24, 2.45) is 11.3 Å². The number of phenols is 1. The molecule has 0 spiro atoms. The first-order valence-corrected chi connectivity index (χ1v) is 19.3. The van der Waals surface area contributed by atoms with Gasteiger partial charge >= 0.3 is 0 Å². The highest BCUT2D eigenvalue weighted by Gasteiger charge is 2.32. The third-order valence-corrected chi connectivity index (χ3v) is 10.4. The number of aryl methyl sites for hydroxylation is 2. The molecule has 0 bridgehead atoms. The summed E-state index contributed by atoms with van der Waals surface area (Å²) in [5.41, 5.74) is 10.9. The summed E-state index contributed by atoms with van der Waals surface area (Å²) in [5, 5.41) is 16.9. The van der Waals surface area contributed by atoms with E-state index in [2.05, 4.69) is 72.3 Å². The van der Waals surface area contributed by atoms with E-state index in [1.807, 2.05) is 51.3 Å². The minimum atomic E-state index is -0.836. The molecule has 3 heterocycles. The molecule has 2 aromatic carbocycles. The standard InChI is InChI=1S/C43H58N6O5/c1-9-30-15-17-44-25-36(30)40-35(24-43(5,6)26-54-27-50)34-23-31(13-14-38(34)48(40)10-2)32-19-29(20-33(51)22-32)21-37(42(53)49-18-12-11-16-45-49)46-41(52)39(28(3)4)47(7)8/h13-15,17,19-20,22-23,25,27-28,37,39,45,51H,9-12,16,18,21,24,26H2,1-8H3,(H,46,52). The Balaban J connectivity index is 1.60. The number of amides is 2. The van der Waals surface area contributed by atoms with Crippen LogP contribution in [0.15, 0.2) is 54.9 Å². The van der Waals surface area contributed by atoms with Gasteiger partial charge in [-0.05, 0) is 111 Å². The summed E-state index contributed by atoms with van der Waals surface area (Å²) in [5.74, 6) is -0.293. The number of hydrazine groups is 1. The van der Waals surface area contributed by atoms with Gasteiger partial charge in [0, 0.05) is 60.3 Å². The highest BCUT2D eigenvalue weighted by atomic mass is 16.5. The summed E-state index contributed by atoms with van der Waals surface area (Å²) in [6.45, 7) is 15.3. The number of fused-ring (bicyclic) bond motifs is 1. The molecule has 0 radical (unpaired) electrons. The van der Waals surface area contributed by atoms with Crippen molar-refractivity contribution >= 4 is 29.2 Å². The van der Waals surface area contributed by atoms with Crippen LogP contribution in [-0.4, -0.2) is 88.7 Å². The molecular formula is C43H58N6O5. The van der Waals surface area contributed by atoms with Crippen molar-refractivity contribution in [1.29, 1.82) is 0 Å². The average Bonchev–Trinajstić information content (AvgIpc) is 3.44. The van der Waals surface area contributed by atoms with E-state index in [1.165, 1.54) is 5.56 Å². The number of carbonyl (C=O) groups is 3. The predicted molar refractivity (Wildman–Crippen MR) is 214 cm³/mol. The summed E-state index contributed by atoms with van der Waals surface area (Å²) in [7, 11) is 3.74. The number of likely N-dealkylation sites (N-methyl/N-ethyl adjacent to an activating group) is 1. The van der Waals surface area contributed by atoms with Crippen molar-refractivity contribution in [2.75, 3.05) is 33.8 Å². The van der Waals surface area contributed by atoms with Crippen molar-refractivity contribution < 1.29 is 24.2 Å². The van der Waals surface area contributed by atoms with Gasteiger partial charge < -0.3 is 19.7 Å². The maximum atomic E-state index is 14.0. The second-order valence-electron chi connectivity index (χ2n) is 15.8. The Labute approximate surface area is 320 Å². The Bertz CT molecular complexity index is 1940. The Kier molecular flexibility index (Phi) is 13.2. The van der Waals surface area contributed by atoms with Crippen LogP contribution in [-0.2, 0) is 44.9 Å². The van der Waals surface area contributed by atoms with Crippen LogP contribution in [0.3, 0.4) is 0 Å². The third kappa shape index (κ3) is 9.13. The second kappa shape index (κ2) is 17.6. The van der Waals surface area contributed by atoms with Crippen molar-refractivity contribution in [1.82, 2.24) is 30.2 Å². The molecule has 1 aliphatic heterocycles. The number of rotatable bonds is 16. The fraction of sp³-hybridized carbons (Fsp3) is 0.488. The number of nitrogens with one attached hydrogen (secondary N) is 2. The SMILES string of the molecule is CCc1ccncc1-c1c(CC(C)(C)COC=O)c2cc(-c3cc(O)cc(CC(NC(=O)C(C(C)C)N(C)C)C(=O)N4CCCCN4)c3)ccc2n1CC. The van der Waals surface area contributed by atoms with Crippen molar-refractivity contribution in [3.63, 3.8) is 0 Å². The lowest BCUT2D eigenvalue weighted by atomic mass is 9.84. The summed E-state index contributed by atoms with van der Waals surface area (Å²) in [6, 6.07) is 12.6.